The van der Waals surface area contributed by atoms with E-state index in [0.29, 0.717) is 11.2 Å². The molecule has 1 saturated carbocycles. The van der Waals surface area contributed by atoms with Crippen molar-refractivity contribution >= 4 is 27.8 Å². The van der Waals surface area contributed by atoms with Crippen molar-refractivity contribution in [2.45, 2.75) is 59.5 Å². The fraction of sp³-hybridized carbons (Fsp3) is 0.429. The third kappa shape index (κ3) is 4.47. The van der Waals surface area contributed by atoms with E-state index in [9.17, 15) is 0 Å². The van der Waals surface area contributed by atoms with Gasteiger partial charge in [-0.15, -0.1) is 0 Å². The second-order valence-electron chi connectivity index (χ2n) is 10.3. The smallest absolute Gasteiger partial charge is 0.152 e. The highest BCUT2D eigenvalue weighted by molar-refractivity contribution is 6.06. The van der Waals surface area contributed by atoms with Crippen LogP contribution in [-0.4, -0.2) is 21.1 Å². The zero-order chi connectivity index (χ0) is 23.0. The van der Waals surface area contributed by atoms with Crippen LogP contribution >= 0.6 is 0 Å². The highest BCUT2D eigenvalue weighted by Gasteiger charge is 2.44. The summed E-state index contributed by atoms with van der Waals surface area (Å²) in [4.78, 5) is 9.56. The van der Waals surface area contributed by atoms with Gasteiger partial charge < -0.3 is 15.6 Å². The number of nitrogens with two attached hydrogens (primary N) is 1. The molecule has 5 rings (SSSR count). The second kappa shape index (κ2) is 8.79. The Morgan fingerprint density at radius 3 is 2.52 bits per heavy atom. The second-order valence-corrected chi connectivity index (χ2v) is 10.3. The molecule has 1 atom stereocenters. The lowest BCUT2D eigenvalue weighted by Crippen LogP contribution is -2.18. The van der Waals surface area contributed by atoms with Crippen LogP contribution in [0.15, 0.2) is 48.5 Å². The van der Waals surface area contributed by atoms with E-state index < -0.39 is 0 Å². The first-order valence-corrected chi connectivity index (χ1v) is 12.3. The molecule has 1 unspecified atom stereocenters. The summed E-state index contributed by atoms with van der Waals surface area (Å²) in [5.41, 5.74) is 12.3. The summed E-state index contributed by atoms with van der Waals surface area (Å²) in [6, 6.07) is 17.2. The third-order valence-corrected chi connectivity index (χ3v) is 7.24. The van der Waals surface area contributed by atoms with Crippen molar-refractivity contribution in [2.75, 3.05) is 12.3 Å². The van der Waals surface area contributed by atoms with Gasteiger partial charge >= 0.3 is 0 Å². The molecule has 172 valence electrons. The molecule has 4 aromatic rings. The zero-order valence-corrected chi connectivity index (χ0v) is 20.1. The molecule has 2 aromatic carbocycles. The van der Waals surface area contributed by atoms with Gasteiger partial charge in [0, 0.05) is 24.9 Å². The average Bonchev–Trinajstić information content (AvgIpc) is 3.25. The lowest BCUT2D eigenvalue weighted by atomic mass is 10.1. The van der Waals surface area contributed by atoms with Crippen molar-refractivity contribution in [3.63, 3.8) is 0 Å². The van der Waals surface area contributed by atoms with Gasteiger partial charge in [0.1, 0.15) is 11.3 Å². The number of nitrogens with one attached hydrogen (secondary N) is 1. The van der Waals surface area contributed by atoms with E-state index in [0.717, 1.165) is 72.6 Å². The Labute approximate surface area is 196 Å². The van der Waals surface area contributed by atoms with E-state index in [2.05, 4.69) is 72.0 Å². The molecule has 1 fully saturated rings. The van der Waals surface area contributed by atoms with Crippen LogP contribution < -0.4 is 11.1 Å². The molecule has 0 spiro atoms. The van der Waals surface area contributed by atoms with Crippen LogP contribution in [0.4, 0.5) is 5.82 Å². The summed E-state index contributed by atoms with van der Waals surface area (Å²) in [6.45, 7) is 9.75. The SMILES string of the molecule is CCCCc1nc2c(N)nc3ccccc3c2n1Cc1ccc(CNCC2CC2(C)C)cc1. The number of hydrogen-bond donors (Lipinski definition) is 2. The first-order chi connectivity index (χ1) is 16.0. The number of anilines is 1. The van der Waals surface area contributed by atoms with E-state index >= 15 is 0 Å². The van der Waals surface area contributed by atoms with E-state index in [1.165, 1.54) is 17.5 Å². The summed E-state index contributed by atoms with van der Waals surface area (Å²) >= 11 is 0. The van der Waals surface area contributed by atoms with Crippen molar-refractivity contribution in [2.24, 2.45) is 11.3 Å². The van der Waals surface area contributed by atoms with Gasteiger partial charge in [0.05, 0.1) is 11.0 Å². The maximum Gasteiger partial charge on any atom is 0.152 e. The molecule has 0 saturated heterocycles. The Morgan fingerprint density at radius 1 is 1.06 bits per heavy atom. The van der Waals surface area contributed by atoms with Gasteiger partial charge in [-0.3, -0.25) is 0 Å². The summed E-state index contributed by atoms with van der Waals surface area (Å²) < 4.78 is 2.35. The largest absolute Gasteiger partial charge is 0.382 e. The van der Waals surface area contributed by atoms with E-state index in [1.54, 1.807) is 0 Å². The van der Waals surface area contributed by atoms with Crippen molar-refractivity contribution in [1.82, 2.24) is 19.9 Å². The number of fused-ring (bicyclic) bond motifs is 3. The van der Waals surface area contributed by atoms with Gasteiger partial charge in [-0.2, -0.15) is 0 Å². The number of aromatic nitrogens is 3. The van der Waals surface area contributed by atoms with E-state index in [4.69, 9.17) is 10.7 Å². The standard InChI is InChI=1S/C28H35N5/c1-4-5-10-24-32-25-26(22-8-6-7-9-23(22)31-27(25)29)33(24)18-20-13-11-19(12-14-20)16-30-17-21-15-28(21,2)3/h6-9,11-14,21,30H,4-5,10,15-18H2,1-3H3,(H2,29,31). The quantitative estimate of drug-likeness (QED) is 0.350. The molecule has 0 bridgehead atoms. The van der Waals surface area contributed by atoms with Crippen molar-refractivity contribution < 1.29 is 0 Å². The summed E-state index contributed by atoms with van der Waals surface area (Å²) in [7, 11) is 0. The summed E-state index contributed by atoms with van der Waals surface area (Å²) in [6.07, 6.45) is 4.53. The maximum atomic E-state index is 6.34. The van der Waals surface area contributed by atoms with Crippen LogP contribution in [-0.2, 0) is 19.5 Å². The Balaban J connectivity index is 1.41. The molecule has 1 aliphatic rings. The van der Waals surface area contributed by atoms with Gasteiger partial charge in [0.15, 0.2) is 5.82 Å². The Hall–Kier alpha value is -2.92. The molecule has 33 heavy (non-hydrogen) atoms. The van der Waals surface area contributed by atoms with Gasteiger partial charge in [0.25, 0.3) is 0 Å². The van der Waals surface area contributed by atoms with Crippen LogP contribution in [0.25, 0.3) is 21.9 Å². The predicted octanol–water partition coefficient (Wildman–Crippen LogP) is 5.69. The molecule has 2 aromatic heterocycles. The Kier molecular flexibility index (Phi) is 5.83. The van der Waals surface area contributed by atoms with Crippen molar-refractivity contribution in [3.8, 4) is 0 Å². The summed E-state index contributed by atoms with van der Waals surface area (Å²) in [5, 5.41) is 4.74. The molecule has 1 aliphatic carbocycles. The number of pyridine rings is 1. The van der Waals surface area contributed by atoms with Gasteiger partial charge in [-0.1, -0.05) is 69.7 Å². The van der Waals surface area contributed by atoms with E-state index in [-0.39, 0.29) is 0 Å². The average molecular weight is 442 g/mol. The fourth-order valence-electron chi connectivity index (χ4n) is 4.86. The van der Waals surface area contributed by atoms with Crippen LogP contribution in [0.1, 0.15) is 57.0 Å². The Bertz CT molecular complexity index is 1270. The number of imidazole rings is 1. The zero-order valence-electron chi connectivity index (χ0n) is 20.1. The highest BCUT2D eigenvalue weighted by atomic mass is 15.1. The molecule has 5 nitrogen and oxygen atoms in total. The van der Waals surface area contributed by atoms with E-state index in [1.807, 2.05) is 12.1 Å². The lowest BCUT2D eigenvalue weighted by Gasteiger charge is -2.12. The molecular formula is C28H35N5. The summed E-state index contributed by atoms with van der Waals surface area (Å²) in [5.74, 6) is 2.43. The number of unbranched alkanes of at least 4 members (excludes halogenated alkanes) is 1. The van der Waals surface area contributed by atoms with Crippen LogP contribution in [0.2, 0.25) is 0 Å². The minimum absolute atomic E-state index is 0.514. The minimum Gasteiger partial charge on any atom is -0.382 e. The van der Waals surface area contributed by atoms with Crippen LogP contribution in [0, 0.1) is 11.3 Å². The topological polar surface area (TPSA) is 68.8 Å². The molecule has 5 heteroatoms. The van der Waals surface area contributed by atoms with Crippen LogP contribution in [0.3, 0.4) is 0 Å². The lowest BCUT2D eigenvalue weighted by molar-refractivity contribution is 0.519. The third-order valence-electron chi connectivity index (χ3n) is 7.24. The number of nitrogen functional groups attached to an aromatic ring is 1. The molecule has 0 aliphatic heterocycles. The van der Waals surface area contributed by atoms with Crippen molar-refractivity contribution in [1.29, 1.82) is 0 Å². The number of benzene rings is 2. The first kappa shape index (κ1) is 21.9. The van der Waals surface area contributed by atoms with Crippen molar-refractivity contribution in [3.05, 3.63) is 65.5 Å². The predicted molar refractivity (Wildman–Crippen MR) is 137 cm³/mol. The number of nitrogens with zero attached hydrogens (tertiary/aromatic N) is 3. The molecule has 3 N–H and O–H groups in total. The maximum absolute atomic E-state index is 6.34. The number of aryl methyl sites for hydroxylation is 1. The highest BCUT2D eigenvalue weighted by Crippen LogP contribution is 2.51. The minimum atomic E-state index is 0.514. The van der Waals surface area contributed by atoms with Crippen LogP contribution in [0.5, 0.6) is 0 Å². The molecule has 0 amide bonds. The number of hydrogen-bond acceptors (Lipinski definition) is 4. The molecule has 2 heterocycles. The normalized spacial score (nSPS) is 17.1. The number of para-hydroxylation sites is 1. The fourth-order valence-corrected chi connectivity index (χ4v) is 4.86. The monoisotopic (exact) mass is 441 g/mol. The number of rotatable bonds is 9. The molecular weight excluding hydrogens is 406 g/mol. The Morgan fingerprint density at radius 2 is 1.79 bits per heavy atom. The van der Waals surface area contributed by atoms with Gasteiger partial charge in [-0.25, -0.2) is 9.97 Å². The molecule has 0 radical (unpaired) electrons. The first-order valence-electron chi connectivity index (χ1n) is 12.3. The van der Waals surface area contributed by atoms with Gasteiger partial charge in [0.2, 0.25) is 0 Å². The van der Waals surface area contributed by atoms with Gasteiger partial charge in [-0.05, 0) is 47.9 Å².